The van der Waals surface area contributed by atoms with E-state index >= 15 is 0 Å². The molecule has 4 rings (SSSR count). The van der Waals surface area contributed by atoms with Crippen molar-refractivity contribution in [3.63, 3.8) is 0 Å². The summed E-state index contributed by atoms with van der Waals surface area (Å²) >= 11 is 0. The number of carboxylic acids is 1. The topological polar surface area (TPSA) is 58.4 Å². The maximum absolute atomic E-state index is 11.7. The smallest absolute Gasteiger partial charge is 0.321 e. The van der Waals surface area contributed by atoms with Gasteiger partial charge in [0.15, 0.2) is 0 Å². The standard InChI is InChI=1S/C18H21N3O2/c22-18(23)17(20-9-3-4-10-20)11-14-16-8-7-13-5-1-2-6-15(13)21(16)12-19-14/h1-2,5-6,12,17H,3-4,7-11H2,(H,22,23)/t17-/m0/s1. The zero-order valence-electron chi connectivity index (χ0n) is 13.1. The van der Waals surface area contributed by atoms with Crippen LogP contribution in [0.3, 0.4) is 0 Å². The van der Waals surface area contributed by atoms with Crippen LogP contribution in [0.1, 0.15) is 29.8 Å². The van der Waals surface area contributed by atoms with Crippen LogP contribution in [0.5, 0.6) is 0 Å². The van der Waals surface area contributed by atoms with E-state index < -0.39 is 12.0 Å². The Hall–Kier alpha value is -2.14. The molecule has 120 valence electrons. The van der Waals surface area contributed by atoms with Gasteiger partial charge in [0.2, 0.25) is 0 Å². The summed E-state index contributed by atoms with van der Waals surface area (Å²) < 4.78 is 2.14. The molecule has 1 saturated heterocycles. The first kappa shape index (κ1) is 14.5. The van der Waals surface area contributed by atoms with Crippen LogP contribution in [0.25, 0.3) is 5.69 Å². The van der Waals surface area contributed by atoms with Crippen molar-refractivity contribution in [1.82, 2.24) is 14.5 Å². The number of likely N-dealkylation sites (tertiary alicyclic amines) is 1. The van der Waals surface area contributed by atoms with Crippen LogP contribution in [0.15, 0.2) is 30.6 Å². The maximum Gasteiger partial charge on any atom is 0.321 e. The number of fused-ring (bicyclic) bond motifs is 3. The van der Waals surface area contributed by atoms with E-state index in [1.54, 1.807) is 0 Å². The van der Waals surface area contributed by atoms with E-state index in [0.717, 1.165) is 44.5 Å². The van der Waals surface area contributed by atoms with Crippen LogP contribution in [0, 0.1) is 0 Å². The largest absolute Gasteiger partial charge is 0.480 e. The first-order chi connectivity index (χ1) is 11.2. The quantitative estimate of drug-likeness (QED) is 0.939. The number of aliphatic carboxylic acids is 1. The lowest BCUT2D eigenvalue weighted by Crippen LogP contribution is -2.41. The van der Waals surface area contributed by atoms with E-state index in [2.05, 4.69) is 32.7 Å². The highest BCUT2D eigenvalue weighted by Crippen LogP contribution is 2.27. The Bertz CT molecular complexity index is 732. The van der Waals surface area contributed by atoms with Crippen molar-refractivity contribution in [2.45, 2.75) is 38.1 Å². The van der Waals surface area contributed by atoms with Gasteiger partial charge in [-0.25, -0.2) is 4.98 Å². The summed E-state index contributed by atoms with van der Waals surface area (Å²) in [6.07, 6.45) is 6.47. The fourth-order valence-electron chi connectivity index (χ4n) is 3.87. The van der Waals surface area contributed by atoms with Crippen molar-refractivity contribution in [1.29, 1.82) is 0 Å². The van der Waals surface area contributed by atoms with Gasteiger partial charge < -0.3 is 9.67 Å². The molecule has 5 heteroatoms. The molecule has 23 heavy (non-hydrogen) atoms. The van der Waals surface area contributed by atoms with Gasteiger partial charge in [0.05, 0.1) is 12.0 Å². The van der Waals surface area contributed by atoms with Crippen molar-refractivity contribution in [2.75, 3.05) is 13.1 Å². The van der Waals surface area contributed by atoms with Gasteiger partial charge in [-0.3, -0.25) is 9.69 Å². The number of aryl methyl sites for hydroxylation is 1. The minimum absolute atomic E-state index is 0.450. The molecule has 0 unspecified atom stereocenters. The molecule has 0 radical (unpaired) electrons. The van der Waals surface area contributed by atoms with Gasteiger partial charge in [0, 0.05) is 17.8 Å². The van der Waals surface area contributed by atoms with Crippen molar-refractivity contribution in [3.8, 4) is 5.69 Å². The SMILES string of the molecule is O=C(O)[C@H](Cc1ncn2c1CCc1ccccc1-2)N1CCCC1. The predicted molar refractivity (Wildman–Crippen MR) is 86.9 cm³/mol. The lowest BCUT2D eigenvalue weighted by molar-refractivity contribution is -0.142. The highest BCUT2D eigenvalue weighted by atomic mass is 16.4. The van der Waals surface area contributed by atoms with Gasteiger partial charge >= 0.3 is 5.97 Å². The van der Waals surface area contributed by atoms with Crippen LogP contribution in [-0.4, -0.2) is 44.7 Å². The summed E-state index contributed by atoms with van der Waals surface area (Å²) in [5.41, 5.74) is 4.63. The molecule has 0 amide bonds. The van der Waals surface area contributed by atoms with Gasteiger partial charge in [-0.05, 0) is 50.4 Å². The molecule has 0 spiro atoms. The molecule has 1 N–H and O–H groups in total. The lowest BCUT2D eigenvalue weighted by Gasteiger charge is -2.24. The molecule has 0 saturated carbocycles. The zero-order valence-corrected chi connectivity index (χ0v) is 13.1. The van der Waals surface area contributed by atoms with Crippen molar-refractivity contribution >= 4 is 5.97 Å². The van der Waals surface area contributed by atoms with E-state index in [4.69, 9.17) is 0 Å². The second-order valence-corrected chi connectivity index (χ2v) is 6.44. The van der Waals surface area contributed by atoms with Crippen LogP contribution in [-0.2, 0) is 24.1 Å². The van der Waals surface area contributed by atoms with Gasteiger partial charge in [0.1, 0.15) is 6.04 Å². The van der Waals surface area contributed by atoms with Crippen molar-refractivity contribution < 1.29 is 9.90 Å². The molecule has 1 fully saturated rings. The van der Waals surface area contributed by atoms with Gasteiger partial charge in [-0.2, -0.15) is 0 Å². The van der Waals surface area contributed by atoms with E-state index in [9.17, 15) is 9.90 Å². The number of imidazole rings is 1. The number of hydrogen-bond donors (Lipinski definition) is 1. The third-order valence-electron chi connectivity index (χ3n) is 5.09. The fraction of sp³-hybridized carbons (Fsp3) is 0.444. The first-order valence-corrected chi connectivity index (χ1v) is 8.34. The average Bonchev–Trinajstić information content (AvgIpc) is 3.22. The normalized spacial score (nSPS) is 18.4. The van der Waals surface area contributed by atoms with E-state index in [1.165, 1.54) is 16.9 Å². The third-order valence-corrected chi connectivity index (χ3v) is 5.09. The third kappa shape index (κ3) is 2.55. The molecule has 5 nitrogen and oxygen atoms in total. The number of benzene rings is 1. The number of rotatable bonds is 4. The monoisotopic (exact) mass is 311 g/mol. The lowest BCUT2D eigenvalue weighted by atomic mass is 9.99. The molecule has 1 aromatic carbocycles. The number of hydrogen-bond acceptors (Lipinski definition) is 3. The summed E-state index contributed by atoms with van der Waals surface area (Å²) in [6, 6.07) is 7.92. The second kappa shape index (κ2) is 5.81. The molecule has 2 aliphatic rings. The second-order valence-electron chi connectivity index (χ2n) is 6.44. The van der Waals surface area contributed by atoms with Crippen LogP contribution < -0.4 is 0 Å². The summed E-state index contributed by atoms with van der Waals surface area (Å²) in [5, 5.41) is 9.62. The molecule has 0 aliphatic carbocycles. The van der Waals surface area contributed by atoms with E-state index in [-0.39, 0.29) is 0 Å². The van der Waals surface area contributed by atoms with Gasteiger partial charge in [-0.15, -0.1) is 0 Å². The number of carboxylic acid groups (broad SMARTS) is 1. The molecular formula is C18H21N3O2. The van der Waals surface area contributed by atoms with Crippen LogP contribution in [0.2, 0.25) is 0 Å². The Morgan fingerprint density at radius 2 is 2.00 bits per heavy atom. The fourth-order valence-corrected chi connectivity index (χ4v) is 3.87. The summed E-state index contributed by atoms with van der Waals surface area (Å²) in [4.78, 5) is 18.4. The Morgan fingerprint density at radius 3 is 2.78 bits per heavy atom. The Balaban J connectivity index is 1.64. The Kier molecular flexibility index (Phi) is 3.65. The zero-order chi connectivity index (χ0) is 15.8. The minimum atomic E-state index is -0.732. The highest BCUT2D eigenvalue weighted by molar-refractivity contribution is 5.74. The number of nitrogens with zero attached hydrogens (tertiary/aromatic N) is 3. The Labute approximate surface area is 135 Å². The number of para-hydroxylation sites is 1. The summed E-state index contributed by atoms with van der Waals surface area (Å²) in [6.45, 7) is 1.77. The molecule has 2 aliphatic heterocycles. The van der Waals surface area contributed by atoms with Crippen LogP contribution >= 0.6 is 0 Å². The molecule has 0 bridgehead atoms. The first-order valence-electron chi connectivity index (χ1n) is 8.34. The van der Waals surface area contributed by atoms with Crippen molar-refractivity contribution in [3.05, 3.63) is 47.5 Å². The van der Waals surface area contributed by atoms with Gasteiger partial charge in [0.25, 0.3) is 0 Å². The summed E-state index contributed by atoms with van der Waals surface area (Å²) in [7, 11) is 0. The number of carbonyl (C=O) groups is 1. The molecule has 3 heterocycles. The summed E-state index contributed by atoms with van der Waals surface area (Å²) in [5.74, 6) is -0.732. The molecule has 2 aromatic rings. The highest BCUT2D eigenvalue weighted by Gasteiger charge is 2.30. The Morgan fingerprint density at radius 1 is 1.22 bits per heavy atom. The average molecular weight is 311 g/mol. The minimum Gasteiger partial charge on any atom is -0.480 e. The van der Waals surface area contributed by atoms with Crippen molar-refractivity contribution in [2.24, 2.45) is 0 Å². The predicted octanol–water partition coefficient (Wildman–Crippen LogP) is 2.06. The molecule has 1 aromatic heterocycles. The molecule has 1 atom stereocenters. The van der Waals surface area contributed by atoms with E-state index in [0.29, 0.717) is 6.42 Å². The van der Waals surface area contributed by atoms with E-state index in [1.807, 2.05) is 12.4 Å². The number of aromatic nitrogens is 2. The van der Waals surface area contributed by atoms with Gasteiger partial charge in [-0.1, -0.05) is 18.2 Å². The molecular weight excluding hydrogens is 290 g/mol. The van der Waals surface area contributed by atoms with Crippen LogP contribution in [0.4, 0.5) is 0 Å². The maximum atomic E-state index is 11.7.